The Hall–Kier alpha value is -0.570. The van der Waals surface area contributed by atoms with Crippen LogP contribution in [0.5, 0.6) is 0 Å². The second-order valence-electron chi connectivity index (χ2n) is 1.58. The molecule has 0 bridgehead atoms. The SMILES string of the molecule is Cc1nnc(Cl)n1C. The molecule has 1 heterocycles. The van der Waals surface area contributed by atoms with E-state index in [0.29, 0.717) is 5.28 Å². The van der Waals surface area contributed by atoms with Crippen molar-refractivity contribution in [2.75, 3.05) is 0 Å². The second kappa shape index (κ2) is 1.74. The van der Waals surface area contributed by atoms with Crippen molar-refractivity contribution < 1.29 is 0 Å². The minimum atomic E-state index is 0.433. The van der Waals surface area contributed by atoms with Crippen molar-refractivity contribution in [3.8, 4) is 0 Å². The van der Waals surface area contributed by atoms with Gasteiger partial charge in [0, 0.05) is 7.05 Å². The van der Waals surface area contributed by atoms with Crippen LogP contribution in [0.15, 0.2) is 0 Å². The minimum absolute atomic E-state index is 0.433. The number of hydrogen-bond donors (Lipinski definition) is 0. The van der Waals surface area contributed by atoms with Crippen molar-refractivity contribution in [3.63, 3.8) is 0 Å². The average Bonchev–Trinajstić information content (AvgIpc) is 1.98. The summed E-state index contributed by atoms with van der Waals surface area (Å²) in [4.78, 5) is 0. The molecular formula is C4H6ClN3. The molecule has 1 aromatic rings. The third-order valence-corrected chi connectivity index (χ3v) is 1.37. The topological polar surface area (TPSA) is 30.7 Å². The Morgan fingerprint density at radius 3 is 2.25 bits per heavy atom. The Kier molecular flexibility index (Phi) is 1.21. The largest absolute Gasteiger partial charge is 0.305 e. The van der Waals surface area contributed by atoms with Gasteiger partial charge < -0.3 is 4.57 Å². The first-order chi connectivity index (χ1) is 3.72. The summed E-state index contributed by atoms with van der Waals surface area (Å²) in [6.45, 7) is 1.85. The zero-order valence-corrected chi connectivity index (χ0v) is 5.48. The first kappa shape index (κ1) is 5.56. The van der Waals surface area contributed by atoms with Crippen LogP contribution < -0.4 is 0 Å². The fourth-order valence-electron chi connectivity index (χ4n) is 0.381. The molecule has 0 saturated carbocycles. The van der Waals surface area contributed by atoms with Gasteiger partial charge in [-0.15, -0.1) is 10.2 Å². The zero-order valence-electron chi connectivity index (χ0n) is 4.72. The maximum Gasteiger partial charge on any atom is 0.224 e. The summed E-state index contributed by atoms with van der Waals surface area (Å²) in [5, 5.41) is 7.72. The van der Waals surface area contributed by atoms with Gasteiger partial charge in [-0.25, -0.2) is 0 Å². The minimum Gasteiger partial charge on any atom is -0.305 e. The third kappa shape index (κ3) is 0.690. The van der Waals surface area contributed by atoms with Crippen molar-refractivity contribution in [2.45, 2.75) is 6.92 Å². The monoisotopic (exact) mass is 131 g/mol. The Balaban J connectivity index is 3.19. The van der Waals surface area contributed by atoms with Crippen molar-refractivity contribution in [2.24, 2.45) is 7.05 Å². The Labute approximate surface area is 52.3 Å². The van der Waals surface area contributed by atoms with Crippen LogP contribution in [0.25, 0.3) is 0 Å². The molecule has 0 N–H and O–H groups in total. The molecule has 44 valence electrons. The fourth-order valence-corrected chi connectivity index (χ4v) is 0.541. The highest BCUT2D eigenvalue weighted by atomic mass is 35.5. The zero-order chi connectivity index (χ0) is 6.15. The molecule has 0 atom stereocenters. The summed E-state index contributed by atoms with van der Waals surface area (Å²) in [5.41, 5.74) is 0. The number of rotatable bonds is 0. The van der Waals surface area contributed by atoms with Crippen molar-refractivity contribution in [3.05, 3.63) is 11.1 Å². The number of nitrogens with zero attached hydrogens (tertiary/aromatic N) is 3. The van der Waals surface area contributed by atoms with E-state index in [2.05, 4.69) is 10.2 Å². The summed E-state index contributed by atoms with van der Waals surface area (Å²) in [6.07, 6.45) is 0. The van der Waals surface area contributed by atoms with E-state index >= 15 is 0 Å². The molecule has 0 fully saturated rings. The summed E-state index contributed by atoms with van der Waals surface area (Å²) in [5.74, 6) is 0.829. The average molecular weight is 132 g/mol. The maximum absolute atomic E-state index is 5.52. The van der Waals surface area contributed by atoms with E-state index in [1.165, 1.54) is 0 Å². The molecule has 0 aromatic carbocycles. The van der Waals surface area contributed by atoms with Gasteiger partial charge >= 0.3 is 0 Å². The van der Waals surface area contributed by atoms with Crippen LogP contribution in [0.3, 0.4) is 0 Å². The Bertz CT molecular complexity index is 174. The van der Waals surface area contributed by atoms with Crippen LogP contribution in [-0.4, -0.2) is 14.8 Å². The molecule has 0 aliphatic carbocycles. The van der Waals surface area contributed by atoms with E-state index in [1.54, 1.807) is 4.57 Å². The summed E-state index contributed by atoms with van der Waals surface area (Å²) in [6, 6.07) is 0. The Morgan fingerprint density at radius 1 is 1.50 bits per heavy atom. The number of aryl methyl sites for hydroxylation is 1. The Morgan fingerprint density at radius 2 is 2.12 bits per heavy atom. The van der Waals surface area contributed by atoms with Gasteiger partial charge in [0.25, 0.3) is 0 Å². The predicted molar refractivity (Wildman–Crippen MR) is 30.7 cm³/mol. The molecule has 4 heteroatoms. The highest BCUT2D eigenvalue weighted by Gasteiger charge is 1.97. The van der Waals surface area contributed by atoms with Crippen LogP contribution in [0.4, 0.5) is 0 Å². The predicted octanol–water partition coefficient (Wildman–Crippen LogP) is 0.777. The molecule has 1 rings (SSSR count). The fraction of sp³-hybridized carbons (Fsp3) is 0.500. The molecule has 0 aliphatic heterocycles. The van der Waals surface area contributed by atoms with E-state index in [9.17, 15) is 0 Å². The smallest absolute Gasteiger partial charge is 0.224 e. The lowest BCUT2D eigenvalue weighted by atomic mass is 10.7. The van der Waals surface area contributed by atoms with Crippen LogP contribution in [0, 0.1) is 6.92 Å². The van der Waals surface area contributed by atoms with Gasteiger partial charge in [0.05, 0.1) is 0 Å². The number of aromatic nitrogens is 3. The summed E-state index contributed by atoms with van der Waals surface area (Å²) < 4.78 is 1.71. The van der Waals surface area contributed by atoms with Crippen molar-refractivity contribution in [1.29, 1.82) is 0 Å². The first-order valence-corrected chi connectivity index (χ1v) is 2.61. The molecule has 0 aliphatic rings. The maximum atomic E-state index is 5.52. The van der Waals surface area contributed by atoms with Gasteiger partial charge in [-0.2, -0.15) is 0 Å². The molecule has 0 radical (unpaired) electrons. The van der Waals surface area contributed by atoms with Gasteiger partial charge in [-0.3, -0.25) is 0 Å². The van der Waals surface area contributed by atoms with Crippen LogP contribution in [0.1, 0.15) is 5.82 Å². The molecule has 1 aromatic heterocycles. The van der Waals surface area contributed by atoms with Crippen molar-refractivity contribution >= 4 is 11.6 Å². The van der Waals surface area contributed by atoms with Gasteiger partial charge in [0.15, 0.2) is 0 Å². The molecule has 3 nitrogen and oxygen atoms in total. The van der Waals surface area contributed by atoms with E-state index in [1.807, 2.05) is 14.0 Å². The van der Waals surface area contributed by atoms with Crippen molar-refractivity contribution in [1.82, 2.24) is 14.8 Å². The van der Waals surface area contributed by atoms with Gasteiger partial charge in [0.2, 0.25) is 5.28 Å². The second-order valence-corrected chi connectivity index (χ2v) is 1.91. The quantitative estimate of drug-likeness (QED) is 0.521. The van der Waals surface area contributed by atoms with Crippen LogP contribution in [-0.2, 0) is 7.05 Å². The highest BCUT2D eigenvalue weighted by Crippen LogP contribution is 2.01. The third-order valence-electron chi connectivity index (χ3n) is 1.04. The molecule has 0 spiro atoms. The molecular weight excluding hydrogens is 126 g/mol. The molecule has 8 heavy (non-hydrogen) atoms. The van der Waals surface area contributed by atoms with E-state index in [0.717, 1.165) is 5.82 Å². The molecule has 0 unspecified atom stereocenters. The summed E-state index contributed by atoms with van der Waals surface area (Å²) >= 11 is 5.52. The van der Waals surface area contributed by atoms with Crippen LogP contribution >= 0.6 is 11.6 Å². The lowest BCUT2D eigenvalue weighted by Crippen LogP contribution is -1.89. The van der Waals surface area contributed by atoms with E-state index in [-0.39, 0.29) is 0 Å². The molecule has 0 amide bonds. The number of hydrogen-bond acceptors (Lipinski definition) is 2. The normalized spacial score (nSPS) is 9.88. The number of halogens is 1. The first-order valence-electron chi connectivity index (χ1n) is 2.23. The lowest BCUT2D eigenvalue weighted by molar-refractivity contribution is 0.859. The van der Waals surface area contributed by atoms with Gasteiger partial charge in [0.1, 0.15) is 5.82 Å². The van der Waals surface area contributed by atoms with Crippen LogP contribution in [0.2, 0.25) is 5.28 Å². The molecule has 0 saturated heterocycles. The highest BCUT2D eigenvalue weighted by molar-refractivity contribution is 6.28. The standard InChI is InChI=1S/C4H6ClN3/c1-3-6-7-4(5)8(3)2/h1-2H3. The van der Waals surface area contributed by atoms with E-state index < -0.39 is 0 Å². The van der Waals surface area contributed by atoms with Gasteiger partial charge in [-0.05, 0) is 18.5 Å². The lowest BCUT2D eigenvalue weighted by Gasteiger charge is -1.88. The van der Waals surface area contributed by atoms with E-state index in [4.69, 9.17) is 11.6 Å². The van der Waals surface area contributed by atoms with Gasteiger partial charge in [-0.1, -0.05) is 0 Å². The summed E-state index contributed by atoms with van der Waals surface area (Å²) in [7, 11) is 1.82.